The van der Waals surface area contributed by atoms with E-state index in [0.717, 1.165) is 0 Å². The topological polar surface area (TPSA) is 95.8 Å². The molecule has 2 heterocycles. The summed E-state index contributed by atoms with van der Waals surface area (Å²) in [4.78, 5) is 27.6. The number of ether oxygens (including phenoxy) is 2. The number of methoxy groups -OCH3 is 2. The van der Waals surface area contributed by atoms with Crippen molar-refractivity contribution in [3.8, 4) is 22.9 Å². The Morgan fingerprint density at radius 2 is 1.59 bits per heavy atom. The summed E-state index contributed by atoms with van der Waals surface area (Å²) in [5.41, 5.74) is 1.15. The molecule has 0 saturated carbocycles. The Balaban J connectivity index is 1.92. The number of hydrogen-bond acceptors (Lipinski definition) is 6. The van der Waals surface area contributed by atoms with Gasteiger partial charge in [0.1, 0.15) is 22.8 Å². The van der Waals surface area contributed by atoms with Gasteiger partial charge >= 0.3 is 5.63 Å². The first-order valence-electron chi connectivity index (χ1n) is 11.7. The van der Waals surface area contributed by atoms with Crippen LogP contribution in [0.2, 0.25) is 0 Å². The molecule has 3 aromatic carbocycles. The van der Waals surface area contributed by atoms with Gasteiger partial charge in [0.05, 0.1) is 42.3 Å². The average Bonchev–Trinajstić information content (AvgIpc) is 3.14. The normalized spacial score (nSPS) is 12.0. The predicted molar refractivity (Wildman–Crippen MR) is 140 cm³/mol. The quantitative estimate of drug-likeness (QED) is 0.347. The minimum absolute atomic E-state index is 0.0590. The molecule has 0 aliphatic carbocycles. The van der Waals surface area contributed by atoms with Crippen LogP contribution in [0.1, 0.15) is 28.3 Å². The lowest BCUT2D eigenvalue weighted by molar-refractivity contribution is 0.397. The van der Waals surface area contributed by atoms with Crippen LogP contribution >= 0.6 is 0 Å². The van der Waals surface area contributed by atoms with E-state index in [9.17, 15) is 14.7 Å². The lowest BCUT2D eigenvalue weighted by Crippen LogP contribution is -2.25. The summed E-state index contributed by atoms with van der Waals surface area (Å²) < 4.78 is 20.0. The SMILES string of the molecule is COc1ccc(OC)c([C@H](c2c(O)c3ccccc3oc2=O)c2c(C)n(C)n(-c3ccccc3)c2=O)c1. The Labute approximate surface area is 212 Å². The van der Waals surface area contributed by atoms with E-state index in [-0.39, 0.29) is 22.5 Å². The summed E-state index contributed by atoms with van der Waals surface area (Å²) in [6.45, 7) is 1.80. The molecular formula is C29H26N2O6. The van der Waals surface area contributed by atoms with E-state index in [1.165, 1.54) is 18.9 Å². The second kappa shape index (κ2) is 9.39. The molecule has 1 atom stereocenters. The van der Waals surface area contributed by atoms with Gasteiger partial charge in [-0.05, 0) is 49.4 Å². The molecule has 0 aliphatic heterocycles. The first-order valence-corrected chi connectivity index (χ1v) is 11.7. The maximum Gasteiger partial charge on any atom is 0.344 e. The Morgan fingerprint density at radius 1 is 0.892 bits per heavy atom. The molecule has 2 aromatic heterocycles. The fraction of sp³-hybridized carbons (Fsp3) is 0.172. The average molecular weight is 499 g/mol. The zero-order valence-corrected chi connectivity index (χ0v) is 20.9. The van der Waals surface area contributed by atoms with Crippen LogP contribution in [0.5, 0.6) is 17.2 Å². The summed E-state index contributed by atoms with van der Waals surface area (Å²) in [7, 11) is 4.81. The molecule has 0 unspecified atom stereocenters. The number of benzene rings is 3. The highest BCUT2D eigenvalue weighted by Crippen LogP contribution is 2.42. The van der Waals surface area contributed by atoms with E-state index in [1.54, 1.807) is 61.1 Å². The minimum Gasteiger partial charge on any atom is -0.507 e. The molecule has 0 amide bonds. The van der Waals surface area contributed by atoms with E-state index in [0.29, 0.717) is 39.4 Å². The van der Waals surface area contributed by atoms with E-state index < -0.39 is 11.5 Å². The third-order valence-electron chi connectivity index (χ3n) is 6.74. The highest BCUT2D eigenvalue weighted by atomic mass is 16.5. The van der Waals surface area contributed by atoms with Crippen molar-refractivity contribution in [2.24, 2.45) is 7.05 Å². The highest BCUT2D eigenvalue weighted by Gasteiger charge is 2.34. The molecule has 0 saturated heterocycles. The molecule has 0 aliphatic rings. The smallest absolute Gasteiger partial charge is 0.344 e. The highest BCUT2D eigenvalue weighted by molar-refractivity contribution is 5.84. The van der Waals surface area contributed by atoms with E-state index >= 15 is 0 Å². The molecule has 0 fully saturated rings. The monoisotopic (exact) mass is 498 g/mol. The predicted octanol–water partition coefficient (Wildman–Crippen LogP) is 4.49. The van der Waals surface area contributed by atoms with Crippen LogP contribution in [0, 0.1) is 6.92 Å². The fourth-order valence-electron chi connectivity index (χ4n) is 4.84. The Kier molecular flexibility index (Phi) is 6.09. The van der Waals surface area contributed by atoms with Gasteiger partial charge in [0.25, 0.3) is 5.56 Å². The molecule has 188 valence electrons. The van der Waals surface area contributed by atoms with Crippen LogP contribution < -0.4 is 20.7 Å². The first-order chi connectivity index (χ1) is 17.9. The number of aromatic nitrogens is 2. The summed E-state index contributed by atoms with van der Waals surface area (Å²) in [5, 5.41) is 11.8. The number of rotatable bonds is 6. The van der Waals surface area contributed by atoms with Gasteiger partial charge in [0, 0.05) is 18.3 Å². The molecule has 1 N–H and O–H groups in total. The van der Waals surface area contributed by atoms with Crippen LogP contribution in [-0.2, 0) is 7.05 Å². The van der Waals surface area contributed by atoms with Crippen LogP contribution in [0.25, 0.3) is 16.7 Å². The van der Waals surface area contributed by atoms with Gasteiger partial charge in [-0.2, -0.15) is 0 Å². The van der Waals surface area contributed by atoms with E-state index in [4.69, 9.17) is 13.9 Å². The summed E-state index contributed by atoms with van der Waals surface area (Å²) >= 11 is 0. The van der Waals surface area contributed by atoms with Crippen molar-refractivity contribution in [2.45, 2.75) is 12.8 Å². The third-order valence-corrected chi connectivity index (χ3v) is 6.74. The Hall–Kier alpha value is -4.72. The number of para-hydroxylation sites is 2. The summed E-state index contributed by atoms with van der Waals surface area (Å²) in [6, 6.07) is 21.1. The molecule has 0 spiro atoms. The lowest BCUT2D eigenvalue weighted by atomic mass is 9.84. The molecule has 5 rings (SSSR count). The number of hydrogen-bond donors (Lipinski definition) is 1. The molecule has 8 nitrogen and oxygen atoms in total. The first kappa shape index (κ1) is 24.0. The lowest BCUT2D eigenvalue weighted by Gasteiger charge is -2.21. The maximum atomic E-state index is 14.1. The molecule has 37 heavy (non-hydrogen) atoms. The van der Waals surface area contributed by atoms with Gasteiger partial charge in [-0.3, -0.25) is 9.48 Å². The van der Waals surface area contributed by atoms with Crippen molar-refractivity contribution in [1.82, 2.24) is 9.36 Å². The third kappa shape index (κ3) is 3.87. The van der Waals surface area contributed by atoms with Gasteiger partial charge in [0.2, 0.25) is 0 Å². The van der Waals surface area contributed by atoms with Crippen molar-refractivity contribution in [2.75, 3.05) is 14.2 Å². The van der Waals surface area contributed by atoms with Gasteiger partial charge < -0.3 is 19.0 Å². The van der Waals surface area contributed by atoms with Crippen molar-refractivity contribution in [3.05, 3.63) is 116 Å². The molecule has 0 bridgehead atoms. The van der Waals surface area contributed by atoms with Crippen LogP contribution in [0.15, 0.2) is 86.8 Å². The second-order valence-corrected chi connectivity index (χ2v) is 8.66. The van der Waals surface area contributed by atoms with Crippen LogP contribution in [0.3, 0.4) is 0 Å². The molecule has 8 heteroatoms. The van der Waals surface area contributed by atoms with E-state index in [1.807, 2.05) is 30.3 Å². The Bertz CT molecular complexity index is 1730. The van der Waals surface area contributed by atoms with Crippen LogP contribution in [-0.4, -0.2) is 28.7 Å². The van der Waals surface area contributed by atoms with Crippen molar-refractivity contribution < 1.29 is 19.0 Å². The molecular weight excluding hydrogens is 472 g/mol. The number of nitrogens with zero attached hydrogens (tertiary/aromatic N) is 2. The minimum atomic E-state index is -1.02. The fourth-order valence-corrected chi connectivity index (χ4v) is 4.84. The van der Waals surface area contributed by atoms with E-state index in [2.05, 4.69) is 0 Å². The standard InChI is InChI=1S/C29H26N2O6/c1-17-24(28(33)31(30(17)2)18-10-6-5-7-11-18)25(21-16-19(35-3)14-15-22(21)36-4)26-27(32)20-12-8-9-13-23(20)37-29(26)34/h5-16,25,32H,1-4H3/t25-/m0/s1. The maximum absolute atomic E-state index is 14.1. The van der Waals surface area contributed by atoms with Crippen molar-refractivity contribution >= 4 is 11.0 Å². The second-order valence-electron chi connectivity index (χ2n) is 8.66. The van der Waals surface area contributed by atoms with Crippen LogP contribution in [0.4, 0.5) is 0 Å². The number of fused-ring (bicyclic) bond motifs is 1. The van der Waals surface area contributed by atoms with Gasteiger partial charge in [-0.1, -0.05) is 30.3 Å². The molecule has 5 aromatic rings. The zero-order chi connectivity index (χ0) is 26.3. The van der Waals surface area contributed by atoms with Crippen molar-refractivity contribution in [1.29, 1.82) is 0 Å². The van der Waals surface area contributed by atoms with Gasteiger partial charge in [-0.25, -0.2) is 9.48 Å². The largest absolute Gasteiger partial charge is 0.507 e. The van der Waals surface area contributed by atoms with Gasteiger partial charge in [0.15, 0.2) is 0 Å². The Morgan fingerprint density at radius 3 is 2.30 bits per heavy atom. The van der Waals surface area contributed by atoms with Gasteiger partial charge in [-0.15, -0.1) is 0 Å². The summed E-state index contributed by atoms with van der Waals surface area (Å²) in [6.07, 6.45) is 0. The van der Waals surface area contributed by atoms with Crippen molar-refractivity contribution in [3.63, 3.8) is 0 Å². The zero-order valence-electron chi connectivity index (χ0n) is 20.9. The summed E-state index contributed by atoms with van der Waals surface area (Å²) in [5.74, 6) is -0.348. The number of aromatic hydroxyl groups is 1. The molecule has 0 radical (unpaired) electrons.